The molecule has 1 aliphatic heterocycles. The number of nitrogens with zero attached hydrogens (tertiary/aromatic N) is 1. The van der Waals surface area contributed by atoms with E-state index in [1.54, 1.807) is 34.6 Å². The second-order valence-corrected chi connectivity index (χ2v) is 14.9. The number of β-amino-alcohol motifs (C(OH)–C–C–N with tert-alkyl or cyclic N) is 1. The summed E-state index contributed by atoms with van der Waals surface area (Å²) in [6.07, 6.45) is -1.71. The minimum Gasteiger partial charge on any atom is -0.481 e. The highest BCUT2D eigenvalue weighted by atomic mass is 16.5. The predicted octanol–water partition coefficient (Wildman–Crippen LogP) is -2.35. The van der Waals surface area contributed by atoms with Crippen LogP contribution in [-0.4, -0.2) is 147 Å². The Balaban J connectivity index is 3.25. The van der Waals surface area contributed by atoms with Gasteiger partial charge in [0.2, 0.25) is 41.2 Å². The predicted molar refractivity (Wildman–Crippen MR) is 209 cm³/mol. The van der Waals surface area contributed by atoms with E-state index < -0.39 is 145 Å². The van der Waals surface area contributed by atoms with Gasteiger partial charge in [-0.3, -0.25) is 52.7 Å². The lowest BCUT2D eigenvalue weighted by atomic mass is 9.98. The van der Waals surface area contributed by atoms with Crippen LogP contribution < -0.4 is 31.9 Å². The number of carbonyl (C=O) groups excluding carboxylic acids is 9. The highest BCUT2D eigenvalue weighted by Crippen LogP contribution is 2.22. The van der Waals surface area contributed by atoms with E-state index in [4.69, 9.17) is 9.84 Å². The van der Waals surface area contributed by atoms with Gasteiger partial charge in [0.05, 0.1) is 12.1 Å². The van der Waals surface area contributed by atoms with Crippen molar-refractivity contribution in [3.63, 3.8) is 0 Å². The van der Waals surface area contributed by atoms with Crippen LogP contribution in [0.3, 0.4) is 0 Å². The van der Waals surface area contributed by atoms with Crippen LogP contribution in [0.2, 0.25) is 0 Å². The van der Waals surface area contributed by atoms with Gasteiger partial charge in [-0.25, -0.2) is 0 Å². The molecule has 1 fully saturated rings. The van der Waals surface area contributed by atoms with E-state index in [1.165, 1.54) is 6.08 Å². The molecule has 22 heteroatoms. The molecule has 22 nitrogen and oxygen atoms in total. The number of Topliss-reactive ketones (excluding diaryl/α,β-unsaturated/α-hetero) is 1. The monoisotopic (exact) mass is 853 g/mol. The summed E-state index contributed by atoms with van der Waals surface area (Å²) in [7, 11) is 0. The normalized spacial score (nSPS) is 17.2. The zero-order valence-electron chi connectivity index (χ0n) is 34.7. The SMILES string of the molecule is C=CCOC(=O)CNC(=O)C(=O)C(CCC)NC(=O)[C@@H]1C[C@@H](O)CN1C(=O)C(NC(=O)[C@@H](NC(=O)C(CCC(=O)O)NC(=O)C(CCC(=O)O)NC(C)=O)C(C)C)C(C)C. The summed E-state index contributed by atoms with van der Waals surface area (Å²) in [6.45, 7) is 11.4. The van der Waals surface area contributed by atoms with E-state index in [9.17, 15) is 63.0 Å². The summed E-state index contributed by atoms with van der Waals surface area (Å²) in [5.41, 5.74) is 0. The van der Waals surface area contributed by atoms with E-state index >= 15 is 0 Å². The molecule has 0 aliphatic carbocycles. The first kappa shape index (κ1) is 52.1. The van der Waals surface area contributed by atoms with Gasteiger partial charge in [-0.15, -0.1) is 0 Å². The summed E-state index contributed by atoms with van der Waals surface area (Å²) in [4.78, 5) is 141. The number of carboxylic acid groups (broad SMARTS) is 2. The van der Waals surface area contributed by atoms with Crippen LogP contribution in [0.25, 0.3) is 0 Å². The Kier molecular flexibility index (Phi) is 22.2. The molecule has 1 aliphatic rings. The number of nitrogens with one attached hydrogen (secondary N) is 6. The third-order valence-electron chi connectivity index (χ3n) is 9.15. The van der Waals surface area contributed by atoms with Crippen molar-refractivity contribution in [2.24, 2.45) is 11.8 Å². The van der Waals surface area contributed by atoms with Crippen molar-refractivity contribution in [3.05, 3.63) is 12.7 Å². The molecule has 336 valence electrons. The summed E-state index contributed by atoms with van der Waals surface area (Å²) >= 11 is 0. The van der Waals surface area contributed by atoms with Crippen molar-refractivity contribution in [1.29, 1.82) is 0 Å². The van der Waals surface area contributed by atoms with Crippen molar-refractivity contribution in [3.8, 4) is 0 Å². The fraction of sp³-hybridized carbons (Fsp3) is 0.658. The van der Waals surface area contributed by atoms with Crippen LogP contribution in [0.1, 0.15) is 86.5 Å². The number of aliphatic carboxylic acids is 2. The maximum absolute atomic E-state index is 14.1. The largest absolute Gasteiger partial charge is 0.481 e. The van der Waals surface area contributed by atoms with Gasteiger partial charge in [0, 0.05) is 32.7 Å². The Bertz CT molecular complexity index is 1620. The van der Waals surface area contributed by atoms with Gasteiger partial charge in [-0.05, 0) is 31.1 Å². The summed E-state index contributed by atoms with van der Waals surface area (Å²) in [6, 6.07) is -8.38. The Morgan fingerprint density at radius 2 is 1.28 bits per heavy atom. The minimum absolute atomic E-state index is 0.0105. The minimum atomic E-state index is -1.56. The topological polar surface area (TPSA) is 333 Å². The number of esters is 1. The molecule has 0 aromatic carbocycles. The molecule has 1 saturated heterocycles. The van der Waals surface area contributed by atoms with Gasteiger partial charge in [-0.2, -0.15) is 0 Å². The number of aliphatic hydroxyl groups is 1. The lowest BCUT2D eigenvalue weighted by Gasteiger charge is -2.32. The number of aliphatic hydroxyl groups excluding tert-OH is 1. The van der Waals surface area contributed by atoms with Crippen molar-refractivity contribution in [2.45, 2.75) is 129 Å². The van der Waals surface area contributed by atoms with Crippen molar-refractivity contribution >= 4 is 65.0 Å². The maximum atomic E-state index is 14.1. The molecule has 0 aromatic heterocycles. The van der Waals surface area contributed by atoms with Gasteiger partial charge in [-0.1, -0.05) is 53.7 Å². The smallest absolute Gasteiger partial charge is 0.325 e. The Morgan fingerprint density at radius 3 is 1.78 bits per heavy atom. The van der Waals surface area contributed by atoms with Crippen LogP contribution in [0.5, 0.6) is 0 Å². The third-order valence-corrected chi connectivity index (χ3v) is 9.15. The lowest BCUT2D eigenvalue weighted by molar-refractivity contribution is -0.146. The van der Waals surface area contributed by atoms with Gasteiger partial charge in [0.15, 0.2) is 0 Å². The highest BCUT2D eigenvalue weighted by Gasteiger charge is 2.44. The van der Waals surface area contributed by atoms with Crippen LogP contribution in [-0.2, 0) is 57.5 Å². The molecular formula is C38H59N7O15. The molecule has 0 saturated carbocycles. The molecule has 0 radical (unpaired) electrons. The van der Waals surface area contributed by atoms with Crippen LogP contribution >= 0.6 is 0 Å². The number of hydrogen-bond donors (Lipinski definition) is 9. The second-order valence-electron chi connectivity index (χ2n) is 14.9. The molecular weight excluding hydrogens is 794 g/mol. The van der Waals surface area contributed by atoms with E-state index in [0.717, 1.165) is 11.8 Å². The fourth-order valence-corrected chi connectivity index (χ4v) is 6.05. The number of likely N-dealkylation sites (tertiary alicyclic amines) is 1. The molecule has 0 bridgehead atoms. The Hall–Kier alpha value is -5.93. The average Bonchev–Trinajstić information content (AvgIpc) is 3.57. The standard InChI is InChI=1S/C38H59N7O15/c1-8-10-23(32(53)37(58)39-17-29(52)60-15-9-2)41-35(56)26-16-22(47)18-45(26)38(59)31(20(5)6)44-36(57)30(19(3)4)43-34(55)25(12-14-28(50)51)42-33(54)24(40-21(7)46)11-13-27(48)49/h9,19-20,22-26,30-31,47H,2,8,10-18H2,1,3-7H3,(H,39,58)(H,40,46)(H,41,56)(H,42,54)(H,43,55)(H,44,57)(H,48,49)(H,50,51)/t22-,23?,24?,25?,26+,30+,31?/m1/s1. The molecule has 4 unspecified atom stereocenters. The molecule has 7 atom stereocenters. The number of ether oxygens (including phenoxy) is 1. The highest BCUT2D eigenvalue weighted by molar-refractivity contribution is 6.38. The van der Waals surface area contributed by atoms with Gasteiger partial charge >= 0.3 is 17.9 Å². The van der Waals surface area contributed by atoms with E-state index in [-0.39, 0.29) is 32.4 Å². The van der Waals surface area contributed by atoms with Crippen LogP contribution in [0, 0.1) is 11.8 Å². The van der Waals surface area contributed by atoms with E-state index in [1.807, 2.05) is 0 Å². The number of carboxylic acids is 2. The van der Waals surface area contributed by atoms with Gasteiger partial charge in [0.25, 0.3) is 5.91 Å². The molecule has 1 heterocycles. The molecule has 0 aromatic rings. The number of ketones is 1. The van der Waals surface area contributed by atoms with Crippen molar-refractivity contribution in [2.75, 3.05) is 19.7 Å². The van der Waals surface area contributed by atoms with Gasteiger partial charge in [0.1, 0.15) is 43.4 Å². The maximum Gasteiger partial charge on any atom is 0.325 e. The zero-order chi connectivity index (χ0) is 45.9. The lowest BCUT2D eigenvalue weighted by Crippen LogP contribution is -2.61. The van der Waals surface area contributed by atoms with E-state index in [0.29, 0.717) is 6.42 Å². The first-order valence-electron chi connectivity index (χ1n) is 19.5. The van der Waals surface area contributed by atoms with Crippen LogP contribution in [0.4, 0.5) is 0 Å². The molecule has 9 N–H and O–H groups in total. The molecule has 0 spiro atoms. The molecule has 60 heavy (non-hydrogen) atoms. The third kappa shape index (κ3) is 17.5. The van der Waals surface area contributed by atoms with Crippen molar-refractivity contribution < 1.29 is 72.8 Å². The van der Waals surface area contributed by atoms with E-state index in [2.05, 4.69) is 38.5 Å². The fourth-order valence-electron chi connectivity index (χ4n) is 6.05. The zero-order valence-corrected chi connectivity index (χ0v) is 34.7. The van der Waals surface area contributed by atoms with Crippen molar-refractivity contribution in [1.82, 2.24) is 36.8 Å². The Labute approximate surface area is 347 Å². The average molecular weight is 854 g/mol. The number of hydrogen-bond acceptors (Lipinski definition) is 13. The summed E-state index contributed by atoms with van der Waals surface area (Å²) < 4.78 is 4.76. The quantitative estimate of drug-likeness (QED) is 0.0250. The molecule has 7 amide bonds. The number of carbonyl (C=O) groups is 11. The number of rotatable bonds is 26. The summed E-state index contributed by atoms with van der Waals surface area (Å²) in [5.74, 6) is -12.1. The Morgan fingerprint density at radius 1 is 0.750 bits per heavy atom. The first-order chi connectivity index (χ1) is 28.0. The first-order valence-corrected chi connectivity index (χ1v) is 19.5. The van der Waals surface area contributed by atoms with Crippen LogP contribution in [0.15, 0.2) is 12.7 Å². The molecule has 1 rings (SSSR count). The number of amides is 7. The van der Waals surface area contributed by atoms with Gasteiger partial charge < -0.3 is 56.9 Å². The second kappa shape index (κ2) is 25.5. The summed E-state index contributed by atoms with van der Waals surface area (Å²) in [5, 5.41) is 43.2.